The predicted octanol–water partition coefficient (Wildman–Crippen LogP) is 6.42. The van der Waals surface area contributed by atoms with E-state index in [0.29, 0.717) is 16.7 Å². The molecule has 0 amide bonds. The van der Waals surface area contributed by atoms with E-state index < -0.39 is 14.5 Å². The van der Waals surface area contributed by atoms with Crippen LogP contribution in [-0.2, 0) is 0 Å². The first-order chi connectivity index (χ1) is 7.34. The molecule has 0 atom stereocenters. The van der Waals surface area contributed by atoms with Crippen LogP contribution in [0.3, 0.4) is 0 Å². The number of hydrogen-bond acceptors (Lipinski definition) is 0. The molecule has 0 saturated heterocycles. The van der Waals surface area contributed by atoms with E-state index in [-0.39, 0.29) is 0 Å². The minimum Gasteiger partial charge on any atom is -0.100 e. The zero-order valence-corrected chi connectivity index (χ0v) is 12.7. The van der Waals surface area contributed by atoms with Gasteiger partial charge in [0.15, 0.2) is 0 Å². The van der Waals surface area contributed by atoms with Gasteiger partial charge >= 0.3 is 0 Å². The fourth-order valence-electron chi connectivity index (χ4n) is 1.36. The maximum atomic E-state index is 5.85. The van der Waals surface area contributed by atoms with E-state index in [0.717, 1.165) is 5.56 Å². The number of alkyl halides is 6. The van der Waals surface area contributed by atoms with Crippen LogP contribution in [0, 0.1) is 6.92 Å². The van der Waals surface area contributed by atoms with E-state index in [9.17, 15) is 0 Å². The lowest BCUT2D eigenvalue weighted by Gasteiger charge is -2.16. The molecule has 0 aliphatic carbocycles. The minimum atomic E-state index is -0.669. The average Bonchev–Trinajstić information content (AvgIpc) is 2.16. The molecule has 0 aliphatic rings. The highest BCUT2D eigenvalue weighted by Gasteiger charge is 2.18. The molecule has 0 aromatic heterocycles. The molecule has 0 radical (unpaired) electrons. The molecule has 0 spiro atoms. The third kappa shape index (κ3) is 3.48. The van der Waals surface area contributed by atoms with Crippen LogP contribution < -0.4 is 0 Å². The van der Waals surface area contributed by atoms with Gasteiger partial charge in [-0.2, -0.15) is 0 Å². The largest absolute Gasteiger partial charge is 0.133 e. The van der Waals surface area contributed by atoms with Gasteiger partial charge in [0.1, 0.15) is 14.5 Å². The van der Waals surface area contributed by atoms with E-state index in [2.05, 4.69) is 0 Å². The summed E-state index contributed by atoms with van der Waals surface area (Å²) in [6.45, 7) is 1.85. The second kappa shape index (κ2) is 6.22. The highest BCUT2D eigenvalue weighted by molar-refractivity contribution is 6.46. The van der Waals surface area contributed by atoms with Crippen molar-refractivity contribution in [3.05, 3.63) is 34.4 Å². The maximum Gasteiger partial charge on any atom is 0.133 e. The quantitative estimate of drug-likeness (QED) is 0.556. The van der Waals surface area contributed by atoms with Gasteiger partial charge < -0.3 is 0 Å². The van der Waals surface area contributed by atoms with Crippen molar-refractivity contribution in [1.82, 2.24) is 0 Å². The molecule has 1 aromatic rings. The van der Waals surface area contributed by atoms with E-state index in [1.54, 1.807) is 12.1 Å². The molecule has 6 heteroatoms. The summed E-state index contributed by atoms with van der Waals surface area (Å²) < 4.78 is 0. The third-order valence-corrected chi connectivity index (χ3v) is 3.68. The lowest BCUT2D eigenvalue weighted by molar-refractivity contribution is 1.15. The minimum absolute atomic E-state index is 0.669. The highest BCUT2D eigenvalue weighted by Crippen LogP contribution is 2.39. The van der Waals surface area contributed by atoms with Crippen molar-refractivity contribution in [3.63, 3.8) is 0 Å². The summed E-state index contributed by atoms with van der Waals surface area (Å²) in [6.07, 6.45) is 0. The molecule has 1 aromatic carbocycles. The molecular weight excluding hydrogens is 333 g/mol. The van der Waals surface area contributed by atoms with Crippen LogP contribution in [0.5, 0.6) is 0 Å². The summed E-state index contributed by atoms with van der Waals surface area (Å²) in [7, 11) is 0. The predicted molar refractivity (Wildman–Crippen MR) is 74.5 cm³/mol. The summed E-state index contributed by atoms with van der Waals surface area (Å²) in [5, 5.41) is 0. The van der Waals surface area contributed by atoms with Gasteiger partial charge in [-0.05, 0) is 29.2 Å². The van der Waals surface area contributed by atoms with Gasteiger partial charge in [0, 0.05) is 0 Å². The molecular formula is C10H8Cl6. The summed E-state index contributed by atoms with van der Waals surface area (Å²) in [4.78, 5) is -2.01. The molecule has 90 valence electrons. The number of halogens is 6. The monoisotopic (exact) mass is 338 g/mol. The SMILES string of the molecule is Cc1c(C(Cl)Cl)cc(C(Cl)Cl)cc1C(Cl)Cl. The molecule has 0 fully saturated rings. The molecule has 0 aliphatic heterocycles. The molecule has 0 heterocycles. The lowest BCUT2D eigenvalue weighted by Crippen LogP contribution is -1.98. The van der Waals surface area contributed by atoms with Gasteiger partial charge in [-0.15, -0.1) is 69.6 Å². The lowest BCUT2D eigenvalue weighted by atomic mass is 10.0. The molecule has 0 unspecified atom stereocenters. The smallest absolute Gasteiger partial charge is 0.100 e. The first-order valence-electron chi connectivity index (χ1n) is 4.33. The topological polar surface area (TPSA) is 0 Å². The summed E-state index contributed by atoms with van der Waals surface area (Å²) in [6, 6.07) is 3.51. The Hall–Kier alpha value is 0.960. The van der Waals surface area contributed by atoms with Gasteiger partial charge in [0.05, 0.1) is 0 Å². The van der Waals surface area contributed by atoms with Crippen molar-refractivity contribution in [2.24, 2.45) is 0 Å². The van der Waals surface area contributed by atoms with E-state index in [1.807, 2.05) is 6.92 Å². The van der Waals surface area contributed by atoms with Crippen LogP contribution in [0.2, 0.25) is 0 Å². The summed E-state index contributed by atoms with van der Waals surface area (Å²) >= 11 is 35.0. The Kier molecular flexibility index (Phi) is 5.84. The van der Waals surface area contributed by atoms with E-state index in [4.69, 9.17) is 69.6 Å². The van der Waals surface area contributed by atoms with Crippen LogP contribution in [-0.4, -0.2) is 0 Å². The number of benzene rings is 1. The Morgan fingerprint density at radius 1 is 0.750 bits per heavy atom. The van der Waals surface area contributed by atoms with Crippen molar-refractivity contribution >= 4 is 69.6 Å². The maximum absolute atomic E-state index is 5.85. The molecule has 0 bridgehead atoms. The molecule has 0 nitrogen and oxygen atoms in total. The van der Waals surface area contributed by atoms with E-state index >= 15 is 0 Å². The second-order valence-corrected chi connectivity index (χ2v) is 6.52. The zero-order chi connectivity index (χ0) is 12.5. The van der Waals surface area contributed by atoms with Crippen LogP contribution >= 0.6 is 69.6 Å². The molecule has 1 rings (SSSR count). The van der Waals surface area contributed by atoms with Crippen molar-refractivity contribution in [2.45, 2.75) is 21.4 Å². The fraction of sp³-hybridized carbons (Fsp3) is 0.400. The van der Waals surface area contributed by atoms with Gasteiger partial charge in [-0.25, -0.2) is 0 Å². The number of hydrogen-bond donors (Lipinski definition) is 0. The van der Waals surface area contributed by atoms with Gasteiger partial charge in [0.2, 0.25) is 0 Å². The molecule has 0 N–H and O–H groups in total. The van der Waals surface area contributed by atoms with Crippen LogP contribution in [0.25, 0.3) is 0 Å². The van der Waals surface area contributed by atoms with Gasteiger partial charge in [0.25, 0.3) is 0 Å². The zero-order valence-electron chi connectivity index (χ0n) is 8.15. The van der Waals surface area contributed by atoms with Crippen molar-refractivity contribution in [1.29, 1.82) is 0 Å². The normalized spacial score (nSPS) is 11.9. The average molecular weight is 341 g/mol. The molecule has 0 saturated carbocycles. The Balaban J connectivity index is 3.39. The molecule has 16 heavy (non-hydrogen) atoms. The first kappa shape index (κ1) is 15.0. The van der Waals surface area contributed by atoms with E-state index in [1.165, 1.54) is 0 Å². The van der Waals surface area contributed by atoms with Crippen molar-refractivity contribution in [3.8, 4) is 0 Å². The summed E-state index contributed by atoms with van der Waals surface area (Å²) in [5.74, 6) is 0. The van der Waals surface area contributed by atoms with Gasteiger partial charge in [-0.3, -0.25) is 0 Å². The Bertz CT molecular complexity index is 343. The third-order valence-electron chi connectivity index (χ3n) is 2.23. The van der Waals surface area contributed by atoms with Crippen LogP contribution in [0.1, 0.15) is 36.8 Å². The van der Waals surface area contributed by atoms with Crippen LogP contribution in [0.15, 0.2) is 12.1 Å². The Morgan fingerprint density at radius 2 is 1.12 bits per heavy atom. The Labute approximate surface area is 125 Å². The fourth-order valence-corrected chi connectivity index (χ4v) is 2.52. The standard InChI is InChI=1S/C10H8Cl6/c1-4-6(9(13)14)2-5(8(11)12)3-7(4)10(15)16/h2-3,8-10H,1H3. The van der Waals surface area contributed by atoms with Gasteiger partial charge in [-0.1, -0.05) is 12.1 Å². The Morgan fingerprint density at radius 3 is 1.38 bits per heavy atom. The summed E-state index contributed by atoms with van der Waals surface area (Å²) in [5.41, 5.74) is 2.96. The number of rotatable bonds is 3. The highest BCUT2D eigenvalue weighted by atomic mass is 35.5. The first-order valence-corrected chi connectivity index (χ1v) is 6.95. The van der Waals surface area contributed by atoms with Crippen LogP contribution in [0.4, 0.5) is 0 Å². The van der Waals surface area contributed by atoms with Crippen molar-refractivity contribution in [2.75, 3.05) is 0 Å². The second-order valence-electron chi connectivity index (χ2n) is 3.23. The van der Waals surface area contributed by atoms with Crippen molar-refractivity contribution < 1.29 is 0 Å².